The number of rotatable bonds is 6. The number of nitrogens with zero attached hydrogens (tertiary/aromatic N) is 1. The second-order valence-corrected chi connectivity index (χ2v) is 3.03. The van der Waals surface area contributed by atoms with Crippen LogP contribution in [0.4, 0.5) is 0 Å². The van der Waals surface area contributed by atoms with Crippen LogP contribution < -0.4 is 0 Å². The average molecular weight is 231 g/mol. The van der Waals surface area contributed by atoms with Crippen molar-refractivity contribution < 1.29 is 23.9 Å². The van der Waals surface area contributed by atoms with Crippen molar-refractivity contribution in [3.8, 4) is 0 Å². The van der Waals surface area contributed by atoms with Crippen molar-refractivity contribution in [2.24, 2.45) is 5.16 Å². The number of oxime groups is 1. The second kappa shape index (κ2) is 7.67. The van der Waals surface area contributed by atoms with Crippen LogP contribution in [0.3, 0.4) is 0 Å². The Morgan fingerprint density at radius 3 is 1.81 bits per heavy atom. The lowest BCUT2D eigenvalue weighted by Gasteiger charge is -2.06. The molecule has 0 bridgehead atoms. The van der Waals surface area contributed by atoms with Gasteiger partial charge in [-0.15, -0.1) is 0 Å². The fraction of sp³-hybridized carbons (Fsp3) is 0.700. The molecule has 0 rings (SSSR count). The van der Waals surface area contributed by atoms with E-state index in [1.54, 1.807) is 27.7 Å². The number of esters is 2. The first-order valence-electron chi connectivity index (χ1n) is 5.10. The van der Waals surface area contributed by atoms with Crippen molar-refractivity contribution in [1.29, 1.82) is 0 Å². The third kappa shape index (κ3) is 5.33. The van der Waals surface area contributed by atoms with E-state index in [0.29, 0.717) is 0 Å². The molecule has 6 nitrogen and oxygen atoms in total. The van der Waals surface area contributed by atoms with Gasteiger partial charge in [-0.2, -0.15) is 0 Å². The highest BCUT2D eigenvalue weighted by atomic mass is 16.6. The van der Waals surface area contributed by atoms with Crippen molar-refractivity contribution in [3.63, 3.8) is 0 Å². The number of carbonyl (C=O) groups excluding carboxylic acids is 2. The maximum Gasteiger partial charge on any atom is 0.368 e. The van der Waals surface area contributed by atoms with Gasteiger partial charge in [0.05, 0.1) is 13.2 Å². The first kappa shape index (κ1) is 14.4. The highest BCUT2D eigenvalue weighted by molar-refractivity contribution is 6.62. The summed E-state index contributed by atoms with van der Waals surface area (Å²) in [4.78, 5) is 27.5. The largest absolute Gasteiger partial charge is 0.461 e. The highest BCUT2D eigenvalue weighted by Gasteiger charge is 2.24. The molecule has 6 heteroatoms. The number of hydrogen-bond donors (Lipinski definition) is 0. The predicted octanol–water partition coefficient (Wildman–Crippen LogP) is 0.894. The Morgan fingerprint density at radius 2 is 1.50 bits per heavy atom. The average Bonchev–Trinajstić information content (AvgIpc) is 2.18. The van der Waals surface area contributed by atoms with Crippen LogP contribution in [0.5, 0.6) is 0 Å². The Bertz CT molecular complexity index is 252. The minimum Gasteiger partial charge on any atom is -0.461 e. The molecule has 92 valence electrons. The molecule has 0 saturated carbocycles. The van der Waals surface area contributed by atoms with Crippen molar-refractivity contribution in [1.82, 2.24) is 0 Å². The zero-order valence-electron chi connectivity index (χ0n) is 9.98. The van der Waals surface area contributed by atoms with Crippen molar-refractivity contribution in [2.45, 2.75) is 33.8 Å². The quantitative estimate of drug-likeness (QED) is 0.294. The van der Waals surface area contributed by atoms with Crippen molar-refractivity contribution >= 4 is 17.7 Å². The summed E-state index contributed by atoms with van der Waals surface area (Å²) in [5.41, 5.74) is -0.475. The van der Waals surface area contributed by atoms with Gasteiger partial charge >= 0.3 is 11.9 Å². The topological polar surface area (TPSA) is 74.2 Å². The Morgan fingerprint density at radius 1 is 1.06 bits per heavy atom. The molecule has 0 atom stereocenters. The van der Waals surface area contributed by atoms with E-state index in [1.165, 1.54) is 0 Å². The van der Waals surface area contributed by atoms with E-state index in [1.807, 2.05) is 0 Å². The van der Waals surface area contributed by atoms with Crippen LogP contribution in [-0.4, -0.2) is 37.0 Å². The molecule has 0 saturated heterocycles. The van der Waals surface area contributed by atoms with Gasteiger partial charge in [0, 0.05) is 0 Å². The summed E-state index contributed by atoms with van der Waals surface area (Å²) in [7, 11) is 0. The lowest BCUT2D eigenvalue weighted by Crippen LogP contribution is -2.29. The van der Waals surface area contributed by atoms with E-state index in [9.17, 15) is 9.59 Å². The van der Waals surface area contributed by atoms with Gasteiger partial charge in [-0.1, -0.05) is 5.16 Å². The smallest absolute Gasteiger partial charge is 0.368 e. The lowest BCUT2D eigenvalue weighted by atomic mass is 10.4. The zero-order valence-corrected chi connectivity index (χ0v) is 9.98. The fourth-order valence-corrected chi connectivity index (χ4v) is 0.715. The summed E-state index contributed by atoms with van der Waals surface area (Å²) < 4.78 is 9.31. The molecule has 0 aliphatic carbocycles. The van der Waals surface area contributed by atoms with E-state index >= 15 is 0 Å². The summed E-state index contributed by atoms with van der Waals surface area (Å²) in [5.74, 6) is -1.69. The SMILES string of the molecule is CCOC(=O)C(=NOC(C)C)C(=O)OCC. The molecule has 0 aromatic carbocycles. The van der Waals surface area contributed by atoms with Gasteiger partial charge in [-0.25, -0.2) is 9.59 Å². The van der Waals surface area contributed by atoms with Crippen LogP contribution in [-0.2, 0) is 23.9 Å². The summed E-state index contributed by atoms with van der Waals surface area (Å²) >= 11 is 0. The Kier molecular flexibility index (Phi) is 6.91. The second-order valence-electron chi connectivity index (χ2n) is 3.03. The summed E-state index contributed by atoms with van der Waals surface area (Å²) in [6.45, 7) is 7.00. The van der Waals surface area contributed by atoms with Gasteiger partial charge in [0.2, 0.25) is 0 Å². The molecule has 16 heavy (non-hydrogen) atoms. The molecular weight excluding hydrogens is 214 g/mol. The summed E-state index contributed by atoms with van der Waals surface area (Å²) in [5, 5.41) is 3.43. The molecule has 0 amide bonds. The molecule has 0 unspecified atom stereocenters. The molecule has 0 radical (unpaired) electrons. The minimum atomic E-state index is -0.846. The van der Waals surface area contributed by atoms with E-state index in [0.717, 1.165) is 0 Å². The Balaban J connectivity index is 4.68. The van der Waals surface area contributed by atoms with Crippen LogP contribution in [0.1, 0.15) is 27.7 Å². The van der Waals surface area contributed by atoms with Crippen LogP contribution in [0.25, 0.3) is 0 Å². The maximum atomic E-state index is 11.3. The number of hydrogen-bond acceptors (Lipinski definition) is 6. The van der Waals surface area contributed by atoms with E-state index in [-0.39, 0.29) is 19.3 Å². The predicted molar refractivity (Wildman–Crippen MR) is 56.9 cm³/mol. The third-order valence-corrected chi connectivity index (χ3v) is 1.29. The Hall–Kier alpha value is -1.59. The monoisotopic (exact) mass is 231 g/mol. The van der Waals surface area contributed by atoms with Gasteiger partial charge in [0.1, 0.15) is 6.10 Å². The van der Waals surface area contributed by atoms with Crippen LogP contribution in [0.2, 0.25) is 0 Å². The molecule has 0 aromatic heterocycles. The Labute approximate surface area is 94.5 Å². The molecule has 0 aromatic rings. The lowest BCUT2D eigenvalue weighted by molar-refractivity contribution is -0.141. The normalized spacial score (nSPS) is 9.56. The summed E-state index contributed by atoms with van der Waals surface area (Å²) in [6.07, 6.45) is -0.237. The van der Waals surface area contributed by atoms with Gasteiger partial charge in [-0.3, -0.25) is 0 Å². The fourth-order valence-electron chi connectivity index (χ4n) is 0.715. The van der Waals surface area contributed by atoms with Crippen LogP contribution in [0, 0.1) is 0 Å². The van der Waals surface area contributed by atoms with Crippen molar-refractivity contribution in [2.75, 3.05) is 13.2 Å². The molecular formula is C10H17NO5. The molecule has 0 spiro atoms. The number of ether oxygens (including phenoxy) is 2. The zero-order chi connectivity index (χ0) is 12.6. The van der Waals surface area contributed by atoms with Gasteiger partial charge in [0.25, 0.3) is 5.71 Å². The summed E-state index contributed by atoms with van der Waals surface area (Å²) in [6, 6.07) is 0. The molecule has 0 N–H and O–H groups in total. The van der Waals surface area contributed by atoms with Gasteiger partial charge < -0.3 is 14.3 Å². The van der Waals surface area contributed by atoms with E-state index in [2.05, 4.69) is 14.6 Å². The van der Waals surface area contributed by atoms with E-state index < -0.39 is 17.7 Å². The molecule has 0 heterocycles. The first-order chi connectivity index (χ1) is 7.52. The number of carbonyl (C=O) groups is 2. The molecule has 0 aliphatic rings. The first-order valence-corrected chi connectivity index (χ1v) is 5.10. The maximum absolute atomic E-state index is 11.3. The van der Waals surface area contributed by atoms with Crippen LogP contribution >= 0.6 is 0 Å². The van der Waals surface area contributed by atoms with Crippen LogP contribution in [0.15, 0.2) is 5.16 Å². The molecule has 0 aliphatic heterocycles. The minimum absolute atomic E-state index is 0.152. The van der Waals surface area contributed by atoms with Gasteiger partial charge in [-0.05, 0) is 27.7 Å². The highest BCUT2D eigenvalue weighted by Crippen LogP contribution is 1.95. The third-order valence-electron chi connectivity index (χ3n) is 1.29. The molecule has 0 fully saturated rings. The standard InChI is InChI=1S/C10H17NO5/c1-5-14-9(12)8(10(13)15-6-2)11-16-7(3)4/h7H,5-6H2,1-4H3. The van der Waals surface area contributed by atoms with E-state index in [4.69, 9.17) is 4.84 Å². The van der Waals surface area contributed by atoms with Crippen molar-refractivity contribution in [3.05, 3.63) is 0 Å². The van der Waals surface area contributed by atoms with Gasteiger partial charge in [0.15, 0.2) is 0 Å².